The van der Waals surface area contributed by atoms with Gasteiger partial charge in [0.05, 0.1) is 30.7 Å². The molecule has 1 unspecified atom stereocenters. The predicted octanol–water partition coefficient (Wildman–Crippen LogP) is 2.64. The Hall–Kier alpha value is -2.42. The summed E-state index contributed by atoms with van der Waals surface area (Å²) >= 11 is 0. The molecule has 3 rings (SSSR count). The number of rotatable bonds is 7. The molecule has 1 aliphatic rings. The van der Waals surface area contributed by atoms with E-state index in [0.29, 0.717) is 17.7 Å². The average Bonchev–Trinajstić information content (AvgIpc) is 3.23. The van der Waals surface area contributed by atoms with E-state index >= 15 is 0 Å². The number of alkyl halides is 2. The summed E-state index contributed by atoms with van der Waals surface area (Å²) in [5.74, 6) is 0.305. The summed E-state index contributed by atoms with van der Waals surface area (Å²) in [6, 6.07) is 8.81. The summed E-state index contributed by atoms with van der Waals surface area (Å²) in [4.78, 5) is 14.4. The molecule has 0 radical (unpaired) electrons. The van der Waals surface area contributed by atoms with Crippen LogP contribution in [0.15, 0.2) is 47.1 Å². The molecule has 0 spiro atoms. The van der Waals surface area contributed by atoms with Crippen molar-refractivity contribution in [3.63, 3.8) is 0 Å². The Morgan fingerprint density at radius 1 is 1.26 bits per heavy atom. The molecular formula is C18H19F2NO5S. The Morgan fingerprint density at radius 2 is 2.00 bits per heavy atom. The van der Waals surface area contributed by atoms with Gasteiger partial charge in [-0.15, -0.1) is 0 Å². The van der Waals surface area contributed by atoms with Crippen LogP contribution in [0.5, 0.6) is 5.75 Å². The molecule has 9 heteroatoms. The van der Waals surface area contributed by atoms with E-state index < -0.39 is 22.5 Å². The minimum absolute atomic E-state index is 0.00975. The van der Waals surface area contributed by atoms with E-state index in [-0.39, 0.29) is 36.1 Å². The minimum Gasteiger partial charge on any atom is -0.467 e. The zero-order chi connectivity index (χ0) is 19.4. The lowest BCUT2D eigenvalue weighted by Crippen LogP contribution is -2.41. The zero-order valence-electron chi connectivity index (χ0n) is 14.4. The fraction of sp³-hybridized carbons (Fsp3) is 0.389. The quantitative estimate of drug-likeness (QED) is 0.715. The van der Waals surface area contributed by atoms with Gasteiger partial charge < -0.3 is 14.1 Å². The highest BCUT2D eigenvalue weighted by molar-refractivity contribution is 7.91. The van der Waals surface area contributed by atoms with Gasteiger partial charge in [-0.3, -0.25) is 4.79 Å². The van der Waals surface area contributed by atoms with Crippen molar-refractivity contribution in [1.82, 2.24) is 4.90 Å². The Kier molecular flexibility index (Phi) is 5.79. The number of carbonyl (C=O) groups excluding carboxylic acids is 1. The van der Waals surface area contributed by atoms with E-state index in [2.05, 4.69) is 4.74 Å². The van der Waals surface area contributed by atoms with E-state index in [1.807, 2.05) is 0 Å². The normalized spacial score (nSPS) is 18.6. The molecule has 1 aliphatic heterocycles. The Labute approximate surface area is 155 Å². The highest BCUT2D eigenvalue weighted by Gasteiger charge is 2.35. The molecule has 1 amide bonds. The van der Waals surface area contributed by atoms with Crippen molar-refractivity contribution in [2.75, 3.05) is 11.5 Å². The van der Waals surface area contributed by atoms with Gasteiger partial charge in [0, 0.05) is 6.04 Å². The number of hydrogen-bond donors (Lipinski definition) is 0. The van der Waals surface area contributed by atoms with Crippen LogP contribution >= 0.6 is 0 Å². The van der Waals surface area contributed by atoms with E-state index in [4.69, 9.17) is 4.42 Å². The third kappa shape index (κ3) is 5.29. The molecule has 2 aromatic rings. The first kappa shape index (κ1) is 19.3. The van der Waals surface area contributed by atoms with Gasteiger partial charge in [-0.05, 0) is 36.2 Å². The van der Waals surface area contributed by atoms with Crippen molar-refractivity contribution >= 4 is 15.7 Å². The highest BCUT2D eigenvalue weighted by atomic mass is 32.2. The van der Waals surface area contributed by atoms with E-state index in [0.717, 1.165) is 0 Å². The van der Waals surface area contributed by atoms with Crippen molar-refractivity contribution in [3.8, 4) is 5.75 Å². The van der Waals surface area contributed by atoms with Crippen molar-refractivity contribution < 1.29 is 31.1 Å². The first-order valence-corrected chi connectivity index (χ1v) is 10.2. The van der Waals surface area contributed by atoms with E-state index in [9.17, 15) is 22.0 Å². The summed E-state index contributed by atoms with van der Waals surface area (Å²) in [5.41, 5.74) is 0.618. The lowest BCUT2D eigenvalue weighted by Gasteiger charge is -2.27. The van der Waals surface area contributed by atoms with Gasteiger partial charge in [0.15, 0.2) is 9.84 Å². The second-order valence-electron chi connectivity index (χ2n) is 6.36. The van der Waals surface area contributed by atoms with Crippen LogP contribution in [0, 0.1) is 0 Å². The fourth-order valence-corrected chi connectivity index (χ4v) is 4.81. The Morgan fingerprint density at radius 3 is 2.56 bits per heavy atom. The number of amides is 1. The second-order valence-corrected chi connectivity index (χ2v) is 8.59. The Balaban J connectivity index is 1.72. The number of halogens is 2. The number of carbonyl (C=O) groups is 1. The molecule has 1 fully saturated rings. The maximum atomic E-state index is 12.8. The molecule has 1 saturated heterocycles. The first-order valence-electron chi connectivity index (χ1n) is 8.38. The summed E-state index contributed by atoms with van der Waals surface area (Å²) in [7, 11) is -3.16. The van der Waals surface area contributed by atoms with Crippen molar-refractivity contribution in [2.45, 2.75) is 32.0 Å². The minimum atomic E-state index is -3.16. The smallest absolute Gasteiger partial charge is 0.387 e. The molecule has 146 valence electrons. The third-order valence-electron chi connectivity index (χ3n) is 4.38. The van der Waals surface area contributed by atoms with Crippen LogP contribution in [0.25, 0.3) is 0 Å². The topological polar surface area (TPSA) is 76.8 Å². The van der Waals surface area contributed by atoms with Crippen molar-refractivity contribution in [1.29, 1.82) is 0 Å². The van der Waals surface area contributed by atoms with Crippen molar-refractivity contribution in [3.05, 3.63) is 54.0 Å². The van der Waals surface area contributed by atoms with Crippen LogP contribution in [-0.4, -0.2) is 43.4 Å². The van der Waals surface area contributed by atoms with Gasteiger partial charge in [0.1, 0.15) is 11.5 Å². The average molecular weight is 399 g/mol. The van der Waals surface area contributed by atoms with Gasteiger partial charge in [0.2, 0.25) is 5.91 Å². The highest BCUT2D eigenvalue weighted by Crippen LogP contribution is 2.22. The largest absolute Gasteiger partial charge is 0.467 e. The number of hydrogen-bond acceptors (Lipinski definition) is 5. The molecule has 1 aromatic heterocycles. The van der Waals surface area contributed by atoms with Crippen LogP contribution in [-0.2, 0) is 27.6 Å². The van der Waals surface area contributed by atoms with Gasteiger partial charge in [-0.25, -0.2) is 8.42 Å². The number of ether oxygens (including phenoxy) is 1. The third-order valence-corrected chi connectivity index (χ3v) is 6.13. The van der Waals surface area contributed by atoms with Crippen LogP contribution in [0.2, 0.25) is 0 Å². The van der Waals surface area contributed by atoms with Gasteiger partial charge in [0.25, 0.3) is 0 Å². The lowest BCUT2D eigenvalue weighted by atomic mass is 10.1. The Bertz CT molecular complexity index is 866. The van der Waals surface area contributed by atoms with Crippen LogP contribution in [0.4, 0.5) is 8.78 Å². The van der Waals surface area contributed by atoms with E-state index in [1.54, 1.807) is 12.1 Å². The first-order chi connectivity index (χ1) is 12.8. The van der Waals surface area contributed by atoms with Gasteiger partial charge in [-0.2, -0.15) is 8.78 Å². The molecule has 0 saturated carbocycles. The molecular weight excluding hydrogens is 380 g/mol. The van der Waals surface area contributed by atoms with Crippen molar-refractivity contribution in [2.24, 2.45) is 0 Å². The zero-order valence-corrected chi connectivity index (χ0v) is 15.2. The standard InChI is InChI=1S/C18H19F2NO5S/c19-18(20)26-15-5-3-13(4-6-15)10-17(22)21(11-16-2-1-8-25-16)14-7-9-27(23,24)12-14/h1-6,8,14,18H,7,9-12H2. The number of sulfone groups is 1. The molecule has 2 heterocycles. The molecule has 0 N–H and O–H groups in total. The second kappa shape index (κ2) is 8.08. The number of benzene rings is 1. The maximum absolute atomic E-state index is 12.8. The van der Waals surface area contributed by atoms with E-state index in [1.165, 1.54) is 35.4 Å². The fourth-order valence-electron chi connectivity index (χ4n) is 3.08. The number of furan rings is 1. The predicted molar refractivity (Wildman–Crippen MR) is 93.1 cm³/mol. The molecule has 1 atom stereocenters. The van der Waals surface area contributed by atoms with Crippen LogP contribution in [0.1, 0.15) is 17.7 Å². The monoisotopic (exact) mass is 399 g/mol. The molecule has 1 aromatic carbocycles. The summed E-state index contributed by atoms with van der Waals surface area (Å²) in [6.45, 7) is -2.73. The lowest BCUT2D eigenvalue weighted by molar-refractivity contribution is -0.133. The molecule has 0 bridgehead atoms. The summed E-state index contributed by atoms with van der Waals surface area (Å²) in [6.07, 6.45) is 1.90. The van der Waals surface area contributed by atoms with Gasteiger partial charge in [-0.1, -0.05) is 12.1 Å². The number of nitrogens with zero attached hydrogens (tertiary/aromatic N) is 1. The summed E-state index contributed by atoms with van der Waals surface area (Å²) in [5, 5.41) is 0. The molecule has 6 nitrogen and oxygen atoms in total. The van der Waals surface area contributed by atoms with Gasteiger partial charge >= 0.3 is 6.61 Å². The molecule has 0 aliphatic carbocycles. The maximum Gasteiger partial charge on any atom is 0.387 e. The van der Waals surface area contributed by atoms with Crippen LogP contribution in [0.3, 0.4) is 0 Å². The molecule has 27 heavy (non-hydrogen) atoms. The van der Waals surface area contributed by atoms with Crippen LogP contribution < -0.4 is 4.74 Å². The summed E-state index contributed by atoms with van der Waals surface area (Å²) < 4.78 is 57.6. The SMILES string of the molecule is O=C(Cc1ccc(OC(F)F)cc1)N(Cc1ccco1)C1CCS(=O)(=O)C1.